The van der Waals surface area contributed by atoms with Crippen LogP contribution in [0, 0.1) is 17.2 Å². The molecule has 0 aromatic carbocycles. The summed E-state index contributed by atoms with van der Waals surface area (Å²) in [6.45, 7) is 2.50. The van der Waals surface area contributed by atoms with Gasteiger partial charge >= 0.3 is 5.97 Å². The zero-order chi connectivity index (χ0) is 15.9. The van der Waals surface area contributed by atoms with E-state index in [9.17, 15) is 9.59 Å². The van der Waals surface area contributed by atoms with Crippen LogP contribution in [0.2, 0.25) is 0 Å². The molecule has 2 N–H and O–H groups in total. The maximum Gasteiger partial charge on any atom is 0.319 e. The normalized spacial score (nSPS) is 18.5. The van der Waals surface area contributed by atoms with Crippen LogP contribution in [0.15, 0.2) is 12.3 Å². The van der Waals surface area contributed by atoms with Gasteiger partial charge in [0.25, 0.3) is 5.91 Å². The summed E-state index contributed by atoms with van der Waals surface area (Å²) in [6.07, 6.45) is 3.55. The van der Waals surface area contributed by atoms with E-state index in [1.165, 1.54) is 19.4 Å². The molecule has 1 aromatic rings. The topological polar surface area (TPSA) is 98.2 Å². The highest BCUT2D eigenvalue weighted by molar-refractivity contribution is 5.94. The van der Waals surface area contributed by atoms with Crippen molar-refractivity contribution in [3.8, 4) is 6.07 Å². The molecule has 0 radical (unpaired) electrons. The minimum Gasteiger partial charge on any atom is -0.468 e. The van der Waals surface area contributed by atoms with Crippen molar-refractivity contribution in [3.63, 3.8) is 0 Å². The molecule has 1 aliphatic heterocycles. The van der Waals surface area contributed by atoms with Crippen molar-refractivity contribution in [2.75, 3.05) is 33.3 Å². The lowest BCUT2D eigenvalue weighted by molar-refractivity contribution is -0.142. The summed E-state index contributed by atoms with van der Waals surface area (Å²) >= 11 is 0. The summed E-state index contributed by atoms with van der Waals surface area (Å²) in [6, 6.07) is 3.48. The fourth-order valence-electron chi connectivity index (χ4n) is 2.64. The molecule has 7 heteroatoms. The number of carbonyl (C=O) groups is 2. The molecule has 0 bridgehead atoms. The Morgan fingerprint density at radius 2 is 2.41 bits per heavy atom. The Morgan fingerprint density at radius 3 is 3.09 bits per heavy atom. The highest BCUT2D eigenvalue weighted by atomic mass is 16.5. The number of likely N-dealkylation sites (tertiary alicyclic amines) is 1. The first kappa shape index (κ1) is 16.0. The van der Waals surface area contributed by atoms with E-state index in [-0.39, 0.29) is 11.9 Å². The third-order valence-corrected chi connectivity index (χ3v) is 3.80. The smallest absolute Gasteiger partial charge is 0.319 e. The first-order valence-corrected chi connectivity index (χ1v) is 7.28. The van der Waals surface area contributed by atoms with E-state index in [4.69, 9.17) is 5.26 Å². The minimum atomic E-state index is -0.235. The summed E-state index contributed by atoms with van der Waals surface area (Å²) in [5.41, 5.74) is 0.825. The van der Waals surface area contributed by atoms with Crippen molar-refractivity contribution in [1.29, 1.82) is 5.26 Å². The third kappa shape index (κ3) is 4.33. The molecule has 2 rings (SSSR count). The van der Waals surface area contributed by atoms with Crippen LogP contribution in [-0.4, -0.2) is 55.0 Å². The third-order valence-electron chi connectivity index (χ3n) is 3.80. The number of aromatic amines is 1. The van der Waals surface area contributed by atoms with E-state index in [0.717, 1.165) is 25.9 Å². The molecule has 22 heavy (non-hydrogen) atoms. The predicted molar refractivity (Wildman–Crippen MR) is 79.0 cm³/mol. The molecular weight excluding hydrogens is 284 g/mol. The summed E-state index contributed by atoms with van der Waals surface area (Å²) in [5, 5.41) is 11.6. The molecule has 0 aliphatic carbocycles. The summed E-state index contributed by atoms with van der Waals surface area (Å²) in [5.74, 6) is -0.111. The molecule has 0 saturated carbocycles. The van der Waals surface area contributed by atoms with Gasteiger partial charge in [-0.1, -0.05) is 0 Å². The van der Waals surface area contributed by atoms with Gasteiger partial charge in [-0.05, 0) is 31.4 Å². The van der Waals surface area contributed by atoms with E-state index in [1.807, 2.05) is 6.07 Å². The second-order valence-corrected chi connectivity index (χ2v) is 5.44. The lowest BCUT2D eigenvalue weighted by Gasteiger charge is -2.31. The molecule has 1 aromatic heterocycles. The van der Waals surface area contributed by atoms with Crippen molar-refractivity contribution in [2.24, 2.45) is 5.92 Å². The van der Waals surface area contributed by atoms with Crippen molar-refractivity contribution in [1.82, 2.24) is 15.2 Å². The highest BCUT2D eigenvalue weighted by Crippen LogP contribution is 2.15. The average molecular weight is 304 g/mol. The van der Waals surface area contributed by atoms with Gasteiger partial charge in [0.15, 0.2) is 0 Å². The summed E-state index contributed by atoms with van der Waals surface area (Å²) in [7, 11) is 1.39. The van der Waals surface area contributed by atoms with Crippen LogP contribution < -0.4 is 5.32 Å². The van der Waals surface area contributed by atoms with E-state index >= 15 is 0 Å². The molecule has 2 heterocycles. The van der Waals surface area contributed by atoms with Gasteiger partial charge in [0.05, 0.1) is 19.2 Å². The van der Waals surface area contributed by atoms with E-state index in [2.05, 4.69) is 19.9 Å². The Balaban J connectivity index is 1.79. The number of nitriles is 1. The molecule has 1 fully saturated rings. The number of nitrogens with zero attached hydrogens (tertiary/aromatic N) is 2. The number of nitrogens with one attached hydrogen (secondary N) is 2. The molecule has 7 nitrogen and oxygen atoms in total. The number of amides is 1. The van der Waals surface area contributed by atoms with Crippen LogP contribution in [-0.2, 0) is 9.53 Å². The molecule has 1 aliphatic rings. The second-order valence-electron chi connectivity index (χ2n) is 5.44. The van der Waals surface area contributed by atoms with Crippen molar-refractivity contribution < 1.29 is 14.3 Å². The van der Waals surface area contributed by atoms with Crippen molar-refractivity contribution in [3.05, 3.63) is 23.5 Å². The van der Waals surface area contributed by atoms with Gasteiger partial charge in [-0.25, -0.2) is 0 Å². The lowest BCUT2D eigenvalue weighted by atomic mass is 9.98. The molecule has 1 atom stereocenters. The average Bonchev–Trinajstić information content (AvgIpc) is 3.02. The molecule has 0 unspecified atom stereocenters. The molecule has 118 valence electrons. The van der Waals surface area contributed by atoms with Crippen LogP contribution in [0.5, 0.6) is 0 Å². The van der Waals surface area contributed by atoms with Crippen LogP contribution in [0.1, 0.15) is 28.9 Å². The van der Waals surface area contributed by atoms with Crippen LogP contribution in [0.4, 0.5) is 0 Å². The van der Waals surface area contributed by atoms with Crippen LogP contribution in [0.3, 0.4) is 0 Å². The minimum absolute atomic E-state index is 0.192. The SMILES string of the molecule is COC(=O)CN1CCC[C@H](CNC(=O)c2c[nH]c(C#N)c2)C1. The van der Waals surface area contributed by atoms with E-state index in [0.29, 0.717) is 30.3 Å². The maximum atomic E-state index is 12.0. The number of esters is 1. The van der Waals surface area contributed by atoms with Gasteiger partial charge in [-0.3, -0.25) is 14.5 Å². The van der Waals surface area contributed by atoms with Gasteiger partial charge in [0.2, 0.25) is 0 Å². The largest absolute Gasteiger partial charge is 0.468 e. The Hall–Kier alpha value is -2.33. The number of aromatic nitrogens is 1. The van der Waals surface area contributed by atoms with Gasteiger partial charge < -0.3 is 15.0 Å². The Bertz CT molecular complexity index is 576. The number of piperidine rings is 1. The monoisotopic (exact) mass is 304 g/mol. The number of H-pyrrole nitrogens is 1. The van der Waals surface area contributed by atoms with Crippen molar-refractivity contribution in [2.45, 2.75) is 12.8 Å². The fraction of sp³-hybridized carbons (Fsp3) is 0.533. The highest BCUT2D eigenvalue weighted by Gasteiger charge is 2.22. The molecule has 0 spiro atoms. The summed E-state index contributed by atoms with van der Waals surface area (Å²) < 4.78 is 4.68. The number of hydrogen-bond donors (Lipinski definition) is 2. The quantitative estimate of drug-likeness (QED) is 0.772. The lowest BCUT2D eigenvalue weighted by Crippen LogP contribution is -2.43. The van der Waals surface area contributed by atoms with Gasteiger partial charge in [-0.2, -0.15) is 5.26 Å². The number of ether oxygens (including phenoxy) is 1. The van der Waals surface area contributed by atoms with Gasteiger partial charge in [0.1, 0.15) is 11.8 Å². The zero-order valence-electron chi connectivity index (χ0n) is 12.6. The van der Waals surface area contributed by atoms with Crippen molar-refractivity contribution >= 4 is 11.9 Å². The Labute approximate surface area is 129 Å². The maximum absolute atomic E-state index is 12.0. The van der Waals surface area contributed by atoms with E-state index < -0.39 is 0 Å². The molecule has 1 amide bonds. The van der Waals surface area contributed by atoms with Gasteiger partial charge in [-0.15, -0.1) is 0 Å². The van der Waals surface area contributed by atoms with Gasteiger partial charge in [0, 0.05) is 19.3 Å². The Morgan fingerprint density at radius 1 is 1.59 bits per heavy atom. The number of methoxy groups -OCH3 is 1. The van der Waals surface area contributed by atoms with E-state index in [1.54, 1.807) is 0 Å². The second kappa shape index (κ2) is 7.61. The standard InChI is InChI=1S/C15H20N4O3/c1-22-14(20)10-19-4-2-3-11(9-19)7-18-15(21)12-5-13(6-16)17-8-12/h5,8,11,17H,2-4,7,9-10H2,1H3,(H,18,21)/t11-/m1/s1. The van der Waals surface area contributed by atoms with Crippen LogP contribution in [0.25, 0.3) is 0 Å². The molecule has 1 saturated heterocycles. The fourth-order valence-corrected chi connectivity index (χ4v) is 2.64. The number of rotatable bonds is 5. The Kier molecular flexibility index (Phi) is 5.55. The zero-order valence-corrected chi connectivity index (χ0v) is 12.6. The first-order chi connectivity index (χ1) is 10.6. The first-order valence-electron chi connectivity index (χ1n) is 7.28. The van der Waals surface area contributed by atoms with Crippen LogP contribution >= 0.6 is 0 Å². The number of carbonyl (C=O) groups excluding carboxylic acids is 2. The summed E-state index contributed by atoms with van der Waals surface area (Å²) in [4.78, 5) is 28.1. The number of hydrogen-bond acceptors (Lipinski definition) is 5. The predicted octanol–water partition coefficient (Wildman–Crippen LogP) is 0.501. The molecular formula is C15H20N4O3.